The van der Waals surface area contributed by atoms with Gasteiger partial charge in [-0.3, -0.25) is 0 Å². The Morgan fingerprint density at radius 3 is 2.62 bits per heavy atom. The molecule has 0 radical (unpaired) electrons. The zero-order valence-corrected chi connectivity index (χ0v) is 13.3. The lowest BCUT2D eigenvalue weighted by molar-refractivity contribution is 0.412. The largest absolute Gasteiger partial charge is 0.496 e. The van der Waals surface area contributed by atoms with Gasteiger partial charge in [-0.1, -0.05) is 41.7 Å². The van der Waals surface area contributed by atoms with E-state index in [1.165, 1.54) is 11.1 Å². The molecule has 0 aliphatic carbocycles. The lowest BCUT2D eigenvalue weighted by atomic mass is 10.1. The van der Waals surface area contributed by atoms with Crippen LogP contribution in [0.2, 0.25) is 0 Å². The van der Waals surface area contributed by atoms with Crippen LogP contribution in [0.15, 0.2) is 36.4 Å². The highest BCUT2D eigenvalue weighted by Gasteiger charge is 2.12. The number of benzene rings is 2. The molecule has 1 heterocycles. The molecule has 0 saturated carbocycles. The van der Waals surface area contributed by atoms with Gasteiger partial charge < -0.3 is 10.1 Å². The van der Waals surface area contributed by atoms with Gasteiger partial charge in [-0.15, -0.1) is 0 Å². The van der Waals surface area contributed by atoms with E-state index < -0.39 is 0 Å². The van der Waals surface area contributed by atoms with E-state index in [1.807, 2.05) is 18.2 Å². The van der Waals surface area contributed by atoms with Gasteiger partial charge in [0.2, 0.25) is 0 Å². The normalized spacial score (nSPS) is 10.8. The average Bonchev–Trinajstić information content (AvgIpc) is 2.93. The number of hydrogen-bond donors (Lipinski definition) is 1. The number of thiazole rings is 1. The van der Waals surface area contributed by atoms with E-state index in [0.29, 0.717) is 0 Å². The summed E-state index contributed by atoms with van der Waals surface area (Å²) < 4.78 is 6.59. The van der Waals surface area contributed by atoms with Crippen molar-refractivity contribution < 1.29 is 4.74 Å². The number of nitrogens with one attached hydrogen (secondary N) is 1. The van der Waals surface area contributed by atoms with Crippen molar-refractivity contribution in [1.82, 2.24) is 4.98 Å². The molecule has 0 fully saturated rings. The Hall–Kier alpha value is -2.07. The zero-order chi connectivity index (χ0) is 14.8. The molecule has 0 amide bonds. The van der Waals surface area contributed by atoms with Crippen LogP contribution in [0.4, 0.5) is 5.13 Å². The summed E-state index contributed by atoms with van der Waals surface area (Å²) in [5, 5.41) is 4.35. The number of methoxy groups -OCH3 is 1. The number of hydrogen-bond acceptors (Lipinski definition) is 4. The first-order valence-electron chi connectivity index (χ1n) is 6.91. The van der Waals surface area contributed by atoms with Gasteiger partial charge in [-0.2, -0.15) is 0 Å². The molecule has 0 aliphatic heterocycles. The molecule has 3 aromatic rings. The molecule has 3 rings (SSSR count). The Labute approximate surface area is 128 Å². The Bertz CT molecular complexity index is 765. The average molecular weight is 298 g/mol. The minimum absolute atomic E-state index is 0.788. The van der Waals surface area contributed by atoms with Gasteiger partial charge in [-0.25, -0.2) is 4.98 Å². The van der Waals surface area contributed by atoms with Gasteiger partial charge in [0.25, 0.3) is 0 Å². The van der Waals surface area contributed by atoms with Crippen LogP contribution in [-0.4, -0.2) is 12.1 Å². The highest BCUT2D eigenvalue weighted by atomic mass is 32.1. The van der Waals surface area contributed by atoms with Gasteiger partial charge >= 0.3 is 0 Å². The van der Waals surface area contributed by atoms with E-state index >= 15 is 0 Å². The van der Waals surface area contributed by atoms with Crippen LogP contribution < -0.4 is 10.1 Å². The third-order valence-corrected chi connectivity index (χ3v) is 4.67. The number of anilines is 1. The van der Waals surface area contributed by atoms with Crippen LogP contribution in [0.1, 0.15) is 16.7 Å². The maximum absolute atomic E-state index is 5.43. The highest BCUT2D eigenvalue weighted by Crippen LogP contribution is 2.35. The third-order valence-electron chi connectivity index (χ3n) is 3.71. The molecule has 2 aromatic carbocycles. The second-order valence-corrected chi connectivity index (χ2v) is 6.06. The van der Waals surface area contributed by atoms with Crippen LogP contribution in [0.25, 0.3) is 10.2 Å². The summed E-state index contributed by atoms with van der Waals surface area (Å²) in [6, 6.07) is 12.4. The first kappa shape index (κ1) is 13.9. The maximum atomic E-state index is 5.43. The second kappa shape index (κ2) is 5.74. The van der Waals surface area contributed by atoms with E-state index in [-0.39, 0.29) is 0 Å². The van der Waals surface area contributed by atoms with Crippen molar-refractivity contribution in [2.75, 3.05) is 12.4 Å². The minimum atomic E-state index is 0.788. The molecule has 3 nitrogen and oxygen atoms in total. The van der Waals surface area contributed by atoms with E-state index in [4.69, 9.17) is 9.72 Å². The van der Waals surface area contributed by atoms with Crippen LogP contribution >= 0.6 is 11.3 Å². The van der Waals surface area contributed by atoms with E-state index in [1.54, 1.807) is 18.4 Å². The standard InChI is InChI=1S/C17H18N2OS/c1-11-12(2)16-15(9-14(11)20-3)21-17(19-16)18-10-13-7-5-4-6-8-13/h4-9H,10H2,1-3H3,(H,18,19). The lowest BCUT2D eigenvalue weighted by Gasteiger charge is -2.07. The van der Waals surface area contributed by atoms with Crippen molar-refractivity contribution >= 4 is 26.7 Å². The molecule has 108 valence electrons. The van der Waals surface area contributed by atoms with Crippen molar-refractivity contribution in [1.29, 1.82) is 0 Å². The van der Waals surface area contributed by atoms with E-state index in [0.717, 1.165) is 33.2 Å². The van der Waals surface area contributed by atoms with Crippen molar-refractivity contribution in [3.8, 4) is 5.75 Å². The molecule has 0 saturated heterocycles. The van der Waals surface area contributed by atoms with Gasteiger partial charge in [0, 0.05) is 6.54 Å². The first-order chi connectivity index (χ1) is 10.2. The fourth-order valence-electron chi connectivity index (χ4n) is 2.35. The van der Waals surface area contributed by atoms with E-state index in [9.17, 15) is 0 Å². The molecular weight excluding hydrogens is 280 g/mol. The van der Waals surface area contributed by atoms with Crippen molar-refractivity contribution in [3.05, 3.63) is 53.1 Å². The van der Waals surface area contributed by atoms with Crippen molar-refractivity contribution in [2.24, 2.45) is 0 Å². The van der Waals surface area contributed by atoms with Gasteiger partial charge in [-0.05, 0) is 36.6 Å². The first-order valence-corrected chi connectivity index (χ1v) is 7.73. The summed E-state index contributed by atoms with van der Waals surface area (Å²) in [5.74, 6) is 0.929. The summed E-state index contributed by atoms with van der Waals surface area (Å²) in [6.45, 7) is 4.96. The van der Waals surface area contributed by atoms with Crippen LogP contribution in [0.5, 0.6) is 5.75 Å². The number of rotatable bonds is 4. The van der Waals surface area contributed by atoms with Crippen LogP contribution in [-0.2, 0) is 6.54 Å². The fraction of sp³-hybridized carbons (Fsp3) is 0.235. The molecule has 1 aromatic heterocycles. The summed E-state index contributed by atoms with van der Waals surface area (Å²) in [6.07, 6.45) is 0. The SMILES string of the molecule is COc1cc2sc(NCc3ccccc3)nc2c(C)c1C. The smallest absolute Gasteiger partial charge is 0.184 e. The number of fused-ring (bicyclic) bond motifs is 1. The second-order valence-electron chi connectivity index (χ2n) is 5.03. The Morgan fingerprint density at radius 2 is 1.90 bits per heavy atom. The topological polar surface area (TPSA) is 34.1 Å². The number of aryl methyl sites for hydroxylation is 1. The zero-order valence-electron chi connectivity index (χ0n) is 12.4. The quantitative estimate of drug-likeness (QED) is 0.768. The number of ether oxygens (including phenoxy) is 1. The number of aromatic nitrogens is 1. The monoisotopic (exact) mass is 298 g/mol. The maximum Gasteiger partial charge on any atom is 0.184 e. The molecule has 0 atom stereocenters. The third kappa shape index (κ3) is 2.72. The van der Waals surface area contributed by atoms with Gasteiger partial charge in [0.1, 0.15) is 5.75 Å². The van der Waals surface area contributed by atoms with Gasteiger partial charge in [0.05, 0.1) is 17.3 Å². The summed E-state index contributed by atoms with van der Waals surface area (Å²) in [7, 11) is 1.71. The summed E-state index contributed by atoms with van der Waals surface area (Å²) >= 11 is 1.67. The molecule has 4 heteroatoms. The molecule has 1 N–H and O–H groups in total. The molecule has 21 heavy (non-hydrogen) atoms. The minimum Gasteiger partial charge on any atom is -0.496 e. The molecular formula is C17H18N2OS. The van der Waals surface area contributed by atoms with Crippen molar-refractivity contribution in [3.63, 3.8) is 0 Å². The van der Waals surface area contributed by atoms with Crippen LogP contribution in [0, 0.1) is 13.8 Å². The predicted molar refractivity (Wildman–Crippen MR) is 89.4 cm³/mol. The van der Waals surface area contributed by atoms with E-state index in [2.05, 4.69) is 37.4 Å². The summed E-state index contributed by atoms with van der Waals surface area (Å²) in [5.41, 5.74) is 4.66. The van der Waals surface area contributed by atoms with Crippen LogP contribution in [0.3, 0.4) is 0 Å². The molecule has 0 spiro atoms. The lowest BCUT2D eigenvalue weighted by Crippen LogP contribution is -1.98. The molecule has 0 aliphatic rings. The van der Waals surface area contributed by atoms with Gasteiger partial charge in [0.15, 0.2) is 5.13 Å². The summed E-state index contributed by atoms with van der Waals surface area (Å²) in [4.78, 5) is 4.72. The Morgan fingerprint density at radius 1 is 1.14 bits per heavy atom. The fourth-order valence-corrected chi connectivity index (χ4v) is 3.30. The molecule has 0 unspecified atom stereocenters. The predicted octanol–water partition coefficient (Wildman–Crippen LogP) is 4.53. The number of nitrogens with zero attached hydrogens (tertiary/aromatic N) is 1. The highest BCUT2D eigenvalue weighted by molar-refractivity contribution is 7.22. The van der Waals surface area contributed by atoms with Crippen molar-refractivity contribution in [2.45, 2.75) is 20.4 Å². The Balaban J connectivity index is 1.89. The molecule has 0 bridgehead atoms. The Kier molecular flexibility index (Phi) is 3.80.